The van der Waals surface area contributed by atoms with Crippen LogP contribution in [0.3, 0.4) is 0 Å². The number of para-hydroxylation sites is 2. The summed E-state index contributed by atoms with van der Waals surface area (Å²) in [6, 6.07) is 23.9. The molecule has 0 radical (unpaired) electrons. The van der Waals surface area contributed by atoms with Crippen LogP contribution < -0.4 is 5.32 Å². The van der Waals surface area contributed by atoms with Crippen molar-refractivity contribution in [3.05, 3.63) is 95.9 Å². The van der Waals surface area contributed by atoms with Crippen molar-refractivity contribution >= 4 is 28.6 Å². The molecule has 0 atom stereocenters. The maximum atomic E-state index is 12.9. The van der Waals surface area contributed by atoms with Gasteiger partial charge in [-0.25, -0.2) is 4.98 Å². The Kier molecular flexibility index (Phi) is 5.42. The first-order valence-corrected chi connectivity index (χ1v) is 10.8. The molecule has 2 heterocycles. The van der Waals surface area contributed by atoms with E-state index in [1.54, 1.807) is 36.4 Å². The number of oxazole rings is 1. The van der Waals surface area contributed by atoms with Crippen molar-refractivity contribution < 1.29 is 14.0 Å². The molecule has 0 unspecified atom stereocenters. The molecule has 1 aliphatic rings. The van der Waals surface area contributed by atoms with E-state index >= 15 is 0 Å². The summed E-state index contributed by atoms with van der Waals surface area (Å²) in [5, 5.41) is 2.86. The first-order chi connectivity index (χ1) is 15.7. The zero-order valence-corrected chi connectivity index (χ0v) is 17.5. The Morgan fingerprint density at radius 2 is 1.53 bits per heavy atom. The lowest BCUT2D eigenvalue weighted by Crippen LogP contribution is -2.38. The van der Waals surface area contributed by atoms with Crippen LogP contribution in [0.4, 0.5) is 5.69 Å². The van der Waals surface area contributed by atoms with E-state index in [0.29, 0.717) is 29.9 Å². The highest BCUT2D eigenvalue weighted by atomic mass is 16.3. The van der Waals surface area contributed by atoms with E-state index in [9.17, 15) is 9.59 Å². The van der Waals surface area contributed by atoms with Crippen LogP contribution in [0.2, 0.25) is 0 Å². The van der Waals surface area contributed by atoms with Gasteiger partial charge >= 0.3 is 0 Å². The lowest BCUT2D eigenvalue weighted by molar-refractivity contribution is 0.0706. The number of hydrogen-bond acceptors (Lipinski definition) is 4. The molecular formula is C26H23N3O3. The SMILES string of the molecule is O=C(Nc1ccc(C(=O)N2CCC(c3nc4ccccc4o3)CC2)cc1)c1ccccc1. The fourth-order valence-corrected chi connectivity index (χ4v) is 4.07. The number of hydrogen-bond donors (Lipinski definition) is 1. The van der Waals surface area contributed by atoms with Gasteiger partial charge in [0.15, 0.2) is 11.5 Å². The number of likely N-dealkylation sites (tertiary alicyclic amines) is 1. The number of benzene rings is 3. The second-order valence-corrected chi connectivity index (χ2v) is 7.98. The maximum absolute atomic E-state index is 12.9. The molecule has 4 aromatic rings. The first kappa shape index (κ1) is 20.0. The van der Waals surface area contributed by atoms with Crippen LogP contribution in [0, 0.1) is 0 Å². The third-order valence-electron chi connectivity index (χ3n) is 5.87. The summed E-state index contributed by atoms with van der Waals surface area (Å²) in [5.41, 5.74) is 3.54. The van der Waals surface area contributed by atoms with Gasteiger partial charge in [0, 0.05) is 35.8 Å². The summed E-state index contributed by atoms with van der Waals surface area (Å²) in [5.74, 6) is 0.812. The normalized spacial score (nSPS) is 14.4. The number of aromatic nitrogens is 1. The molecule has 0 spiro atoms. The fraction of sp³-hybridized carbons (Fsp3) is 0.192. The van der Waals surface area contributed by atoms with Crippen molar-refractivity contribution in [3.8, 4) is 0 Å². The molecule has 0 bridgehead atoms. The predicted octanol–water partition coefficient (Wildman–Crippen LogP) is 5.10. The van der Waals surface area contributed by atoms with Gasteiger partial charge in [-0.2, -0.15) is 0 Å². The summed E-state index contributed by atoms with van der Waals surface area (Å²) in [4.78, 5) is 31.7. The standard InChI is InChI=1S/C26H23N3O3/c30-24(18-6-2-1-3-7-18)27-21-12-10-20(11-13-21)26(31)29-16-14-19(15-17-29)25-28-22-8-4-5-9-23(22)32-25/h1-13,19H,14-17H2,(H,27,30). The molecule has 5 rings (SSSR count). The lowest BCUT2D eigenvalue weighted by Gasteiger charge is -2.30. The number of carbonyl (C=O) groups excluding carboxylic acids is 2. The summed E-state index contributed by atoms with van der Waals surface area (Å²) in [7, 11) is 0. The van der Waals surface area contributed by atoms with Crippen LogP contribution in [0.25, 0.3) is 11.1 Å². The molecule has 160 valence electrons. The van der Waals surface area contributed by atoms with Crippen molar-refractivity contribution in [3.63, 3.8) is 0 Å². The number of carbonyl (C=O) groups is 2. The monoisotopic (exact) mass is 425 g/mol. The summed E-state index contributed by atoms with van der Waals surface area (Å²) < 4.78 is 5.92. The van der Waals surface area contributed by atoms with Gasteiger partial charge in [0.2, 0.25) is 0 Å². The van der Waals surface area contributed by atoms with Crippen LogP contribution in [-0.2, 0) is 0 Å². The third-order valence-corrected chi connectivity index (χ3v) is 5.87. The number of nitrogens with one attached hydrogen (secondary N) is 1. The minimum Gasteiger partial charge on any atom is -0.440 e. The Morgan fingerprint density at radius 1 is 0.844 bits per heavy atom. The minimum absolute atomic E-state index is 0.00181. The highest BCUT2D eigenvalue weighted by Crippen LogP contribution is 2.30. The second kappa shape index (κ2) is 8.67. The lowest BCUT2D eigenvalue weighted by atomic mass is 9.96. The maximum Gasteiger partial charge on any atom is 0.255 e. The third kappa shape index (κ3) is 4.12. The Morgan fingerprint density at radius 3 is 2.25 bits per heavy atom. The number of rotatable bonds is 4. The van der Waals surface area contributed by atoms with Gasteiger partial charge in [-0.05, 0) is 61.4 Å². The number of amides is 2. The molecule has 2 amide bonds. The quantitative estimate of drug-likeness (QED) is 0.494. The molecule has 0 saturated carbocycles. The van der Waals surface area contributed by atoms with E-state index in [1.807, 2.05) is 47.4 Å². The molecule has 1 N–H and O–H groups in total. The fourth-order valence-electron chi connectivity index (χ4n) is 4.07. The van der Waals surface area contributed by atoms with Gasteiger partial charge in [-0.3, -0.25) is 9.59 Å². The Hall–Kier alpha value is -3.93. The first-order valence-electron chi connectivity index (χ1n) is 10.8. The number of fused-ring (bicyclic) bond motifs is 1. The molecule has 1 aromatic heterocycles. The highest BCUT2D eigenvalue weighted by Gasteiger charge is 2.27. The zero-order valence-electron chi connectivity index (χ0n) is 17.5. The second-order valence-electron chi connectivity index (χ2n) is 7.98. The molecule has 32 heavy (non-hydrogen) atoms. The van der Waals surface area contributed by atoms with E-state index in [1.165, 1.54) is 0 Å². The number of anilines is 1. The smallest absolute Gasteiger partial charge is 0.255 e. The van der Waals surface area contributed by atoms with Crippen molar-refractivity contribution in [2.75, 3.05) is 18.4 Å². The van der Waals surface area contributed by atoms with Gasteiger partial charge in [0.05, 0.1) is 0 Å². The Labute approximate surface area is 185 Å². The number of piperidine rings is 1. The Balaban J connectivity index is 1.19. The van der Waals surface area contributed by atoms with E-state index in [-0.39, 0.29) is 17.7 Å². The van der Waals surface area contributed by atoms with Gasteiger partial charge in [-0.1, -0.05) is 30.3 Å². The molecule has 6 heteroatoms. The molecule has 1 saturated heterocycles. The van der Waals surface area contributed by atoms with E-state index in [2.05, 4.69) is 10.3 Å². The topological polar surface area (TPSA) is 75.4 Å². The summed E-state index contributed by atoms with van der Waals surface area (Å²) in [6.07, 6.45) is 1.65. The minimum atomic E-state index is -0.175. The molecule has 1 aliphatic heterocycles. The molecule has 3 aromatic carbocycles. The summed E-state index contributed by atoms with van der Waals surface area (Å²) >= 11 is 0. The largest absolute Gasteiger partial charge is 0.440 e. The van der Waals surface area contributed by atoms with Crippen LogP contribution in [0.1, 0.15) is 45.4 Å². The van der Waals surface area contributed by atoms with Gasteiger partial charge in [0.1, 0.15) is 5.52 Å². The van der Waals surface area contributed by atoms with Gasteiger partial charge < -0.3 is 14.6 Å². The zero-order chi connectivity index (χ0) is 21.9. The van der Waals surface area contributed by atoms with E-state index < -0.39 is 0 Å². The molecular weight excluding hydrogens is 402 g/mol. The van der Waals surface area contributed by atoms with Crippen molar-refractivity contribution in [2.45, 2.75) is 18.8 Å². The van der Waals surface area contributed by atoms with Crippen LogP contribution in [0.5, 0.6) is 0 Å². The van der Waals surface area contributed by atoms with Gasteiger partial charge in [0.25, 0.3) is 11.8 Å². The van der Waals surface area contributed by atoms with Crippen molar-refractivity contribution in [2.24, 2.45) is 0 Å². The molecule has 1 fully saturated rings. The van der Waals surface area contributed by atoms with Crippen molar-refractivity contribution in [1.29, 1.82) is 0 Å². The van der Waals surface area contributed by atoms with Crippen LogP contribution >= 0.6 is 0 Å². The Bertz CT molecular complexity index is 1210. The van der Waals surface area contributed by atoms with E-state index in [4.69, 9.17) is 4.42 Å². The van der Waals surface area contributed by atoms with E-state index in [0.717, 1.165) is 29.8 Å². The molecule has 0 aliphatic carbocycles. The number of nitrogens with zero attached hydrogens (tertiary/aromatic N) is 2. The van der Waals surface area contributed by atoms with Gasteiger partial charge in [-0.15, -0.1) is 0 Å². The van der Waals surface area contributed by atoms with Crippen LogP contribution in [0.15, 0.2) is 83.3 Å². The predicted molar refractivity (Wildman–Crippen MR) is 123 cm³/mol. The average molecular weight is 425 g/mol. The average Bonchev–Trinajstić information content (AvgIpc) is 3.29. The van der Waals surface area contributed by atoms with Crippen LogP contribution in [-0.4, -0.2) is 34.8 Å². The molecule has 6 nitrogen and oxygen atoms in total. The van der Waals surface area contributed by atoms with Crippen molar-refractivity contribution in [1.82, 2.24) is 9.88 Å². The summed E-state index contributed by atoms with van der Waals surface area (Å²) in [6.45, 7) is 1.32. The highest BCUT2D eigenvalue weighted by molar-refractivity contribution is 6.04.